The Bertz CT molecular complexity index is 585. The molecule has 2 aromatic carbocycles. The predicted octanol–water partition coefficient (Wildman–Crippen LogP) is 4.68. The van der Waals surface area contributed by atoms with Gasteiger partial charge in [-0.05, 0) is 54.8 Å². The van der Waals surface area contributed by atoms with Crippen LogP contribution in [0.1, 0.15) is 22.3 Å². The van der Waals surface area contributed by atoms with Gasteiger partial charge in [0.05, 0.1) is 5.56 Å². The maximum absolute atomic E-state index is 11.9. The number of allylic oxidation sites excluding steroid dienone is 1. The summed E-state index contributed by atoms with van der Waals surface area (Å²) in [6.45, 7) is 3.69. The van der Waals surface area contributed by atoms with Gasteiger partial charge in [-0.3, -0.25) is 0 Å². The van der Waals surface area contributed by atoms with Crippen LogP contribution in [-0.4, -0.2) is 5.97 Å². The molecule has 0 saturated heterocycles. The lowest BCUT2D eigenvalue weighted by Crippen LogP contribution is -2.08. The van der Waals surface area contributed by atoms with E-state index in [1.807, 2.05) is 18.2 Å². The van der Waals surface area contributed by atoms with E-state index in [9.17, 15) is 4.79 Å². The Balaban J connectivity index is 2.00. The zero-order valence-electron chi connectivity index (χ0n) is 11.0. The number of hydrogen-bond acceptors (Lipinski definition) is 2. The van der Waals surface area contributed by atoms with Crippen molar-refractivity contribution in [2.45, 2.75) is 12.8 Å². The largest absolute Gasteiger partial charge is 0.423 e. The van der Waals surface area contributed by atoms with Gasteiger partial charge in [-0.2, -0.15) is 0 Å². The van der Waals surface area contributed by atoms with Crippen molar-refractivity contribution in [3.8, 4) is 5.75 Å². The van der Waals surface area contributed by atoms with Crippen LogP contribution in [0.2, 0.25) is 5.02 Å². The minimum atomic E-state index is -0.388. The van der Waals surface area contributed by atoms with Crippen molar-refractivity contribution in [3.05, 3.63) is 77.3 Å². The fraction of sp³-hybridized carbons (Fsp3) is 0.118. The first kappa shape index (κ1) is 14.4. The molecule has 0 radical (unpaired) electrons. The number of carbonyl (C=O) groups excluding carboxylic acids is 1. The molecule has 0 amide bonds. The van der Waals surface area contributed by atoms with Gasteiger partial charge >= 0.3 is 5.97 Å². The zero-order chi connectivity index (χ0) is 14.4. The molecular formula is C17H15ClO2. The Labute approximate surface area is 123 Å². The first-order valence-electron chi connectivity index (χ1n) is 6.36. The van der Waals surface area contributed by atoms with Crippen molar-refractivity contribution in [2.75, 3.05) is 0 Å². The summed E-state index contributed by atoms with van der Waals surface area (Å²) in [5.41, 5.74) is 1.67. The lowest BCUT2D eigenvalue weighted by molar-refractivity contribution is 0.0735. The molecule has 0 aromatic heterocycles. The number of rotatable bonds is 5. The second kappa shape index (κ2) is 6.92. The van der Waals surface area contributed by atoms with E-state index in [-0.39, 0.29) is 5.97 Å². The molecule has 2 aromatic rings. The van der Waals surface area contributed by atoms with Crippen LogP contribution in [0.15, 0.2) is 61.2 Å². The van der Waals surface area contributed by atoms with Crippen LogP contribution >= 0.6 is 11.6 Å². The van der Waals surface area contributed by atoms with Crippen LogP contribution in [-0.2, 0) is 6.42 Å². The van der Waals surface area contributed by atoms with Crippen LogP contribution in [0.4, 0.5) is 0 Å². The van der Waals surface area contributed by atoms with Crippen molar-refractivity contribution >= 4 is 17.6 Å². The SMILES string of the molecule is C=CCCc1ccc(OC(=O)c2ccc(Cl)cc2)cc1. The Morgan fingerprint density at radius 1 is 1.10 bits per heavy atom. The molecule has 0 spiro atoms. The van der Waals surface area contributed by atoms with E-state index in [4.69, 9.17) is 16.3 Å². The fourth-order valence-corrected chi connectivity index (χ4v) is 1.87. The maximum Gasteiger partial charge on any atom is 0.343 e. The molecule has 0 bridgehead atoms. The first-order chi connectivity index (χ1) is 9.69. The minimum Gasteiger partial charge on any atom is -0.423 e. The monoisotopic (exact) mass is 286 g/mol. The molecule has 0 heterocycles. The van der Waals surface area contributed by atoms with Crippen molar-refractivity contribution in [2.24, 2.45) is 0 Å². The molecule has 0 fully saturated rings. The third kappa shape index (κ3) is 3.97. The summed E-state index contributed by atoms with van der Waals surface area (Å²) in [4.78, 5) is 11.9. The Morgan fingerprint density at radius 3 is 2.35 bits per heavy atom. The molecule has 0 atom stereocenters. The van der Waals surface area contributed by atoms with E-state index < -0.39 is 0 Å². The molecule has 0 aliphatic heterocycles. The smallest absolute Gasteiger partial charge is 0.343 e. The van der Waals surface area contributed by atoms with Gasteiger partial charge in [0.15, 0.2) is 0 Å². The number of carbonyl (C=O) groups is 1. The normalized spacial score (nSPS) is 10.1. The van der Waals surface area contributed by atoms with E-state index in [1.54, 1.807) is 36.4 Å². The summed E-state index contributed by atoms with van der Waals surface area (Å²) in [7, 11) is 0. The van der Waals surface area contributed by atoms with E-state index >= 15 is 0 Å². The van der Waals surface area contributed by atoms with Crippen molar-refractivity contribution in [3.63, 3.8) is 0 Å². The maximum atomic E-state index is 11.9. The highest BCUT2D eigenvalue weighted by Crippen LogP contribution is 2.16. The van der Waals surface area contributed by atoms with Gasteiger partial charge in [-0.1, -0.05) is 29.8 Å². The van der Waals surface area contributed by atoms with Crippen molar-refractivity contribution in [1.29, 1.82) is 0 Å². The molecule has 0 saturated carbocycles. The van der Waals surface area contributed by atoms with Crippen molar-refractivity contribution in [1.82, 2.24) is 0 Å². The third-order valence-electron chi connectivity index (χ3n) is 2.85. The summed E-state index contributed by atoms with van der Waals surface area (Å²) in [6.07, 6.45) is 3.76. The molecule has 20 heavy (non-hydrogen) atoms. The van der Waals surface area contributed by atoms with Crippen LogP contribution in [0, 0.1) is 0 Å². The van der Waals surface area contributed by atoms with E-state index in [0.717, 1.165) is 12.8 Å². The number of aryl methyl sites for hydroxylation is 1. The molecule has 0 N–H and O–H groups in total. The number of hydrogen-bond donors (Lipinski definition) is 0. The second-order valence-electron chi connectivity index (χ2n) is 4.37. The highest BCUT2D eigenvalue weighted by molar-refractivity contribution is 6.30. The number of ether oxygens (including phenoxy) is 1. The summed E-state index contributed by atoms with van der Waals surface area (Å²) in [5.74, 6) is 0.146. The fourth-order valence-electron chi connectivity index (χ4n) is 1.74. The topological polar surface area (TPSA) is 26.3 Å². The van der Waals surface area contributed by atoms with Crippen LogP contribution in [0.5, 0.6) is 5.75 Å². The Hall–Kier alpha value is -2.06. The molecule has 0 aliphatic carbocycles. The second-order valence-corrected chi connectivity index (χ2v) is 4.80. The molecule has 0 unspecified atom stereocenters. The van der Waals surface area contributed by atoms with Crippen LogP contribution in [0.3, 0.4) is 0 Å². The molecule has 2 rings (SSSR count). The van der Waals surface area contributed by atoms with Gasteiger partial charge in [-0.15, -0.1) is 6.58 Å². The quantitative estimate of drug-likeness (QED) is 0.453. The predicted molar refractivity (Wildman–Crippen MR) is 81.4 cm³/mol. The number of benzene rings is 2. The van der Waals surface area contributed by atoms with Crippen LogP contribution < -0.4 is 4.74 Å². The Kier molecular flexibility index (Phi) is 4.97. The average molecular weight is 287 g/mol. The molecule has 2 nitrogen and oxygen atoms in total. The van der Waals surface area contributed by atoms with Gasteiger partial charge in [0.2, 0.25) is 0 Å². The van der Waals surface area contributed by atoms with E-state index in [1.165, 1.54) is 5.56 Å². The summed E-state index contributed by atoms with van der Waals surface area (Å²) < 4.78 is 5.30. The summed E-state index contributed by atoms with van der Waals surface area (Å²) in [6, 6.07) is 14.1. The van der Waals surface area contributed by atoms with Gasteiger partial charge in [0.25, 0.3) is 0 Å². The standard InChI is InChI=1S/C17H15ClO2/c1-2-3-4-13-5-11-16(12-6-13)20-17(19)14-7-9-15(18)10-8-14/h2,5-12H,1,3-4H2. The van der Waals surface area contributed by atoms with E-state index in [0.29, 0.717) is 16.3 Å². The Morgan fingerprint density at radius 2 is 1.75 bits per heavy atom. The highest BCUT2D eigenvalue weighted by atomic mass is 35.5. The minimum absolute atomic E-state index is 0.388. The number of halogens is 1. The molecule has 0 aliphatic rings. The molecular weight excluding hydrogens is 272 g/mol. The van der Waals surface area contributed by atoms with Crippen LogP contribution in [0.25, 0.3) is 0 Å². The first-order valence-corrected chi connectivity index (χ1v) is 6.74. The van der Waals surface area contributed by atoms with Gasteiger partial charge in [0, 0.05) is 5.02 Å². The number of esters is 1. The van der Waals surface area contributed by atoms with Gasteiger partial charge in [0.1, 0.15) is 5.75 Å². The summed E-state index contributed by atoms with van der Waals surface area (Å²) in [5, 5.41) is 0.591. The third-order valence-corrected chi connectivity index (χ3v) is 3.10. The molecule has 102 valence electrons. The van der Waals surface area contributed by atoms with Gasteiger partial charge in [-0.25, -0.2) is 4.79 Å². The lowest BCUT2D eigenvalue weighted by Gasteiger charge is -2.05. The lowest BCUT2D eigenvalue weighted by atomic mass is 10.1. The average Bonchev–Trinajstić information content (AvgIpc) is 2.47. The zero-order valence-corrected chi connectivity index (χ0v) is 11.8. The summed E-state index contributed by atoms with van der Waals surface area (Å²) >= 11 is 5.78. The van der Waals surface area contributed by atoms with E-state index in [2.05, 4.69) is 6.58 Å². The van der Waals surface area contributed by atoms with Gasteiger partial charge < -0.3 is 4.74 Å². The highest BCUT2D eigenvalue weighted by Gasteiger charge is 2.08. The molecule has 3 heteroatoms. The van der Waals surface area contributed by atoms with Crippen molar-refractivity contribution < 1.29 is 9.53 Å².